The third kappa shape index (κ3) is 3.60. The van der Waals surface area contributed by atoms with Crippen LogP contribution < -0.4 is 11.1 Å². The van der Waals surface area contributed by atoms with Gasteiger partial charge in [0.2, 0.25) is 0 Å². The van der Waals surface area contributed by atoms with Crippen LogP contribution in [0.25, 0.3) is 0 Å². The quantitative estimate of drug-likeness (QED) is 0.679. The number of furan rings is 1. The number of carbonyl (C=O) groups excluding carboxylic acids is 1. The highest BCUT2D eigenvalue weighted by Gasteiger charge is 2.21. The van der Waals surface area contributed by atoms with Crippen LogP contribution in [0.4, 0.5) is 0 Å². The van der Waals surface area contributed by atoms with Crippen LogP contribution in [0.2, 0.25) is 0 Å². The lowest BCUT2D eigenvalue weighted by Gasteiger charge is -2.12. The van der Waals surface area contributed by atoms with Crippen molar-refractivity contribution in [2.75, 3.05) is 0 Å². The lowest BCUT2D eigenvalue weighted by atomic mass is 10.1. The fourth-order valence-electron chi connectivity index (χ4n) is 1.39. The molecule has 0 bridgehead atoms. The molecule has 4 N–H and O–H groups in total. The first-order valence-corrected chi connectivity index (χ1v) is 5.41. The molecule has 94 valence electrons. The zero-order valence-corrected chi connectivity index (χ0v) is 9.60. The average Bonchev–Trinajstić information content (AvgIpc) is 2.76. The second kappa shape index (κ2) is 6.05. The normalized spacial score (nSPS) is 12.1. The van der Waals surface area contributed by atoms with Crippen molar-refractivity contribution in [3.05, 3.63) is 23.7 Å². The highest BCUT2D eigenvalue weighted by atomic mass is 16.4. The SMILES string of the molecule is CCCC(NC(=O)c1ccc(CN)o1)C(=O)O. The van der Waals surface area contributed by atoms with Crippen LogP contribution in [-0.2, 0) is 11.3 Å². The van der Waals surface area contributed by atoms with E-state index < -0.39 is 17.9 Å². The molecular weight excluding hydrogens is 224 g/mol. The van der Waals surface area contributed by atoms with Crippen molar-refractivity contribution in [3.63, 3.8) is 0 Å². The molecule has 0 aliphatic rings. The fourth-order valence-corrected chi connectivity index (χ4v) is 1.39. The molecule has 1 amide bonds. The van der Waals surface area contributed by atoms with Crippen molar-refractivity contribution in [3.8, 4) is 0 Å². The smallest absolute Gasteiger partial charge is 0.326 e. The van der Waals surface area contributed by atoms with Gasteiger partial charge in [-0.05, 0) is 18.6 Å². The van der Waals surface area contributed by atoms with E-state index in [-0.39, 0.29) is 12.3 Å². The summed E-state index contributed by atoms with van der Waals surface area (Å²) in [7, 11) is 0. The Morgan fingerprint density at radius 3 is 2.71 bits per heavy atom. The molecular formula is C11H16N2O4. The Labute approximate surface area is 98.8 Å². The van der Waals surface area contributed by atoms with Gasteiger partial charge in [0.15, 0.2) is 5.76 Å². The summed E-state index contributed by atoms with van der Waals surface area (Å²) < 4.78 is 5.12. The Morgan fingerprint density at radius 2 is 2.24 bits per heavy atom. The molecule has 6 heteroatoms. The maximum atomic E-state index is 11.7. The number of hydrogen-bond acceptors (Lipinski definition) is 4. The minimum Gasteiger partial charge on any atom is -0.480 e. The van der Waals surface area contributed by atoms with Crippen molar-refractivity contribution < 1.29 is 19.1 Å². The summed E-state index contributed by atoms with van der Waals surface area (Å²) in [5, 5.41) is 11.3. The molecule has 17 heavy (non-hydrogen) atoms. The predicted molar refractivity (Wildman–Crippen MR) is 60.4 cm³/mol. The van der Waals surface area contributed by atoms with Gasteiger partial charge in [-0.1, -0.05) is 13.3 Å². The number of hydrogen-bond donors (Lipinski definition) is 3. The fraction of sp³-hybridized carbons (Fsp3) is 0.455. The number of carboxylic acid groups (broad SMARTS) is 1. The topological polar surface area (TPSA) is 106 Å². The van der Waals surface area contributed by atoms with Crippen molar-refractivity contribution >= 4 is 11.9 Å². The van der Waals surface area contributed by atoms with Gasteiger partial charge in [0.1, 0.15) is 11.8 Å². The molecule has 6 nitrogen and oxygen atoms in total. The molecule has 1 aromatic rings. The molecule has 1 unspecified atom stereocenters. The van der Waals surface area contributed by atoms with Crippen molar-refractivity contribution in [2.24, 2.45) is 5.73 Å². The number of rotatable bonds is 6. The van der Waals surface area contributed by atoms with Crippen LogP contribution in [0.15, 0.2) is 16.5 Å². The van der Waals surface area contributed by atoms with Gasteiger partial charge in [-0.25, -0.2) is 4.79 Å². The summed E-state index contributed by atoms with van der Waals surface area (Å²) in [6.07, 6.45) is 1.05. The highest BCUT2D eigenvalue weighted by molar-refractivity contribution is 5.94. The monoisotopic (exact) mass is 240 g/mol. The molecule has 0 saturated heterocycles. The summed E-state index contributed by atoms with van der Waals surface area (Å²) in [6, 6.07) is 2.17. The van der Waals surface area contributed by atoms with Gasteiger partial charge >= 0.3 is 5.97 Å². The number of aliphatic carboxylic acids is 1. The van der Waals surface area contributed by atoms with Crippen LogP contribution in [0.5, 0.6) is 0 Å². The first-order valence-electron chi connectivity index (χ1n) is 5.41. The van der Waals surface area contributed by atoms with E-state index in [9.17, 15) is 9.59 Å². The molecule has 1 atom stereocenters. The minimum absolute atomic E-state index is 0.0767. The molecule has 0 radical (unpaired) electrons. The molecule has 0 aromatic carbocycles. The lowest BCUT2D eigenvalue weighted by Crippen LogP contribution is -2.40. The van der Waals surface area contributed by atoms with E-state index in [1.807, 2.05) is 6.92 Å². The zero-order valence-electron chi connectivity index (χ0n) is 9.60. The molecule has 0 aliphatic carbocycles. The van der Waals surface area contributed by atoms with Crippen LogP contribution in [0.1, 0.15) is 36.1 Å². The highest BCUT2D eigenvalue weighted by Crippen LogP contribution is 2.08. The van der Waals surface area contributed by atoms with E-state index in [4.69, 9.17) is 15.3 Å². The molecule has 0 aliphatic heterocycles. The van der Waals surface area contributed by atoms with Crippen molar-refractivity contribution in [1.82, 2.24) is 5.32 Å². The third-order valence-electron chi connectivity index (χ3n) is 2.27. The molecule has 1 rings (SSSR count). The zero-order chi connectivity index (χ0) is 12.8. The summed E-state index contributed by atoms with van der Waals surface area (Å²) >= 11 is 0. The van der Waals surface area contributed by atoms with E-state index in [0.717, 1.165) is 0 Å². The summed E-state index contributed by atoms with van der Waals surface area (Å²) in [6.45, 7) is 2.05. The minimum atomic E-state index is -1.05. The van der Waals surface area contributed by atoms with E-state index >= 15 is 0 Å². The number of nitrogens with one attached hydrogen (secondary N) is 1. The number of amides is 1. The molecule has 1 aromatic heterocycles. The first-order chi connectivity index (χ1) is 8.08. The Morgan fingerprint density at radius 1 is 1.53 bits per heavy atom. The predicted octanol–water partition coefficient (Wildman–Crippen LogP) is 0.721. The Hall–Kier alpha value is -1.82. The van der Waals surface area contributed by atoms with Gasteiger partial charge in [-0.3, -0.25) is 4.79 Å². The van der Waals surface area contributed by atoms with Gasteiger partial charge in [0.05, 0.1) is 6.54 Å². The first kappa shape index (κ1) is 13.2. The van der Waals surface area contributed by atoms with Gasteiger partial charge in [-0.15, -0.1) is 0 Å². The summed E-state index contributed by atoms with van der Waals surface area (Å²) in [4.78, 5) is 22.5. The molecule has 0 fully saturated rings. The van der Waals surface area contributed by atoms with Crippen LogP contribution in [0, 0.1) is 0 Å². The summed E-state index contributed by atoms with van der Waals surface area (Å²) in [5.74, 6) is -1.03. The number of carboxylic acids is 1. The Bertz CT molecular complexity index is 400. The maximum absolute atomic E-state index is 11.7. The third-order valence-corrected chi connectivity index (χ3v) is 2.27. The van der Waals surface area contributed by atoms with Crippen LogP contribution in [0.3, 0.4) is 0 Å². The number of nitrogens with two attached hydrogens (primary N) is 1. The Balaban J connectivity index is 2.66. The maximum Gasteiger partial charge on any atom is 0.326 e. The number of carbonyl (C=O) groups is 2. The summed E-state index contributed by atoms with van der Waals surface area (Å²) in [5.41, 5.74) is 5.34. The van der Waals surface area contributed by atoms with E-state index in [2.05, 4.69) is 5.32 Å². The standard InChI is InChI=1S/C11H16N2O4/c1-2-3-8(11(15)16)13-10(14)9-5-4-7(6-12)17-9/h4-5,8H,2-3,6,12H2,1H3,(H,13,14)(H,15,16). The van der Waals surface area contributed by atoms with Gasteiger partial charge in [-0.2, -0.15) is 0 Å². The molecule has 1 heterocycles. The van der Waals surface area contributed by atoms with Crippen molar-refractivity contribution in [1.29, 1.82) is 0 Å². The van der Waals surface area contributed by atoms with Gasteiger partial charge in [0.25, 0.3) is 5.91 Å². The second-order valence-corrected chi connectivity index (χ2v) is 3.62. The largest absolute Gasteiger partial charge is 0.480 e. The lowest BCUT2D eigenvalue weighted by molar-refractivity contribution is -0.139. The van der Waals surface area contributed by atoms with E-state index in [0.29, 0.717) is 18.6 Å². The van der Waals surface area contributed by atoms with Crippen molar-refractivity contribution in [2.45, 2.75) is 32.4 Å². The molecule has 0 saturated carbocycles. The van der Waals surface area contributed by atoms with E-state index in [1.165, 1.54) is 6.07 Å². The van der Waals surface area contributed by atoms with Gasteiger partial charge in [0, 0.05) is 0 Å². The Kier molecular flexibility index (Phi) is 4.71. The second-order valence-electron chi connectivity index (χ2n) is 3.62. The van der Waals surface area contributed by atoms with Crippen LogP contribution >= 0.6 is 0 Å². The van der Waals surface area contributed by atoms with Gasteiger partial charge < -0.3 is 20.6 Å². The average molecular weight is 240 g/mol. The van der Waals surface area contributed by atoms with Crippen LogP contribution in [-0.4, -0.2) is 23.0 Å². The van der Waals surface area contributed by atoms with E-state index in [1.54, 1.807) is 6.07 Å². The molecule has 0 spiro atoms.